The predicted molar refractivity (Wildman–Crippen MR) is 75.4 cm³/mol. The van der Waals surface area contributed by atoms with E-state index in [-0.39, 0.29) is 11.6 Å². The number of hydrogen-bond acceptors (Lipinski definition) is 3. The van der Waals surface area contributed by atoms with Crippen molar-refractivity contribution in [3.8, 4) is 22.8 Å². The molecule has 4 heteroatoms. The van der Waals surface area contributed by atoms with E-state index >= 15 is 0 Å². The summed E-state index contributed by atoms with van der Waals surface area (Å²) in [7, 11) is 1.52. The molecule has 0 radical (unpaired) electrons. The Labute approximate surface area is 115 Å². The second-order valence-electron chi connectivity index (χ2n) is 4.39. The van der Waals surface area contributed by atoms with Gasteiger partial charge in [-0.15, -0.1) is 0 Å². The Morgan fingerprint density at radius 2 is 1.95 bits per heavy atom. The first-order chi connectivity index (χ1) is 9.70. The van der Waals surface area contributed by atoms with Gasteiger partial charge in [0, 0.05) is 22.5 Å². The highest BCUT2D eigenvalue weighted by atomic mass is 19.1. The van der Waals surface area contributed by atoms with Gasteiger partial charge in [-0.2, -0.15) is 0 Å². The lowest BCUT2D eigenvalue weighted by molar-refractivity contribution is 0.403. The van der Waals surface area contributed by atoms with E-state index in [2.05, 4.69) is 4.98 Å². The minimum atomic E-state index is -0.332. The third-order valence-corrected chi connectivity index (χ3v) is 3.18. The van der Waals surface area contributed by atoms with Crippen LogP contribution in [-0.4, -0.2) is 17.2 Å². The monoisotopic (exact) mass is 269 g/mol. The van der Waals surface area contributed by atoms with Crippen LogP contribution in [0.2, 0.25) is 0 Å². The molecule has 100 valence electrons. The number of phenolic OH excluding ortho intramolecular Hbond substituents is 1. The van der Waals surface area contributed by atoms with Crippen LogP contribution in [0.5, 0.6) is 11.6 Å². The molecule has 2 aromatic carbocycles. The summed E-state index contributed by atoms with van der Waals surface area (Å²) in [6.07, 6.45) is 1.58. The number of methoxy groups -OCH3 is 1. The first-order valence-corrected chi connectivity index (χ1v) is 6.11. The van der Waals surface area contributed by atoms with E-state index in [1.165, 1.54) is 19.2 Å². The second kappa shape index (κ2) is 4.81. The highest BCUT2D eigenvalue weighted by molar-refractivity contribution is 6.02. The number of nitrogens with zero attached hydrogens (tertiary/aromatic N) is 1. The lowest BCUT2D eigenvalue weighted by atomic mass is 10.00. The maximum atomic E-state index is 13.4. The average molecular weight is 269 g/mol. The van der Waals surface area contributed by atoms with Crippen molar-refractivity contribution < 1.29 is 14.2 Å². The maximum Gasteiger partial charge on any atom is 0.221 e. The molecule has 0 saturated heterocycles. The number of pyridine rings is 1. The number of rotatable bonds is 2. The molecular formula is C16H12FNO2. The van der Waals surface area contributed by atoms with Gasteiger partial charge in [-0.1, -0.05) is 18.2 Å². The Kier molecular flexibility index (Phi) is 2.99. The highest BCUT2D eigenvalue weighted by Gasteiger charge is 2.13. The fourth-order valence-electron chi connectivity index (χ4n) is 2.30. The van der Waals surface area contributed by atoms with E-state index in [1.54, 1.807) is 30.5 Å². The molecule has 0 aliphatic carbocycles. The molecule has 0 unspecified atom stereocenters. The number of aromatic hydroxyl groups is 1. The largest absolute Gasteiger partial charge is 0.507 e. The lowest BCUT2D eigenvalue weighted by Gasteiger charge is -2.11. The van der Waals surface area contributed by atoms with Crippen LogP contribution in [0.4, 0.5) is 4.39 Å². The minimum Gasteiger partial charge on any atom is -0.507 e. The fraction of sp³-hybridized carbons (Fsp3) is 0.0625. The molecule has 1 aromatic heterocycles. The molecule has 1 N–H and O–H groups in total. The van der Waals surface area contributed by atoms with Gasteiger partial charge in [0.2, 0.25) is 5.88 Å². The normalized spacial score (nSPS) is 10.7. The lowest BCUT2D eigenvalue weighted by Crippen LogP contribution is -1.92. The van der Waals surface area contributed by atoms with Crippen molar-refractivity contribution in [2.75, 3.05) is 7.11 Å². The summed E-state index contributed by atoms with van der Waals surface area (Å²) in [5, 5.41) is 11.4. The van der Waals surface area contributed by atoms with Gasteiger partial charge >= 0.3 is 0 Å². The topological polar surface area (TPSA) is 42.4 Å². The van der Waals surface area contributed by atoms with Crippen molar-refractivity contribution in [2.24, 2.45) is 0 Å². The molecular weight excluding hydrogens is 257 g/mol. The fourth-order valence-corrected chi connectivity index (χ4v) is 2.30. The maximum absolute atomic E-state index is 13.4. The minimum absolute atomic E-state index is 0.113. The molecule has 0 atom stereocenters. The van der Waals surface area contributed by atoms with E-state index in [1.807, 2.05) is 6.07 Å². The van der Waals surface area contributed by atoms with Crippen molar-refractivity contribution in [1.82, 2.24) is 4.98 Å². The molecule has 1 heterocycles. The molecule has 3 rings (SSSR count). The summed E-state index contributed by atoms with van der Waals surface area (Å²) < 4.78 is 18.6. The second-order valence-corrected chi connectivity index (χ2v) is 4.39. The molecule has 0 bridgehead atoms. The van der Waals surface area contributed by atoms with Crippen LogP contribution in [0.3, 0.4) is 0 Å². The van der Waals surface area contributed by atoms with E-state index in [0.29, 0.717) is 27.8 Å². The van der Waals surface area contributed by atoms with E-state index in [4.69, 9.17) is 4.74 Å². The highest BCUT2D eigenvalue weighted by Crippen LogP contribution is 2.37. The van der Waals surface area contributed by atoms with Crippen molar-refractivity contribution in [3.63, 3.8) is 0 Å². The van der Waals surface area contributed by atoms with Gasteiger partial charge in [-0.3, -0.25) is 0 Å². The molecule has 0 aliphatic heterocycles. The molecule has 3 nitrogen and oxygen atoms in total. The Morgan fingerprint density at radius 1 is 1.15 bits per heavy atom. The van der Waals surface area contributed by atoms with Crippen molar-refractivity contribution in [1.29, 1.82) is 0 Å². The quantitative estimate of drug-likeness (QED) is 0.770. The SMILES string of the molecule is COc1ncc(-c2cccc(F)c2)c2c(O)cccc12. The Balaban J connectivity index is 2.37. The number of ether oxygens (including phenoxy) is 1. The number of halogens is 1. The number of fused-ring (bicyclic) bond motifs is 1. The number of aromatic nitrogens is 1. The van der Waals surface area contributed by atoms with Gasteiger partial charge in [0.05, 0.1) is 7.11 Å². The summed E-state index contributed by atoms with van der Waals surface area (Å²) in [6.45, 7) is 0. The Bertz CT molecular complexity index is 787. The molecule has 0 amide bonds. The molecule has 3 aromatic rings. The zero-order valence-electron chi connectivity index (χ0n) is 10.8. The zero-order valence-corrected chi connectivity index (χ0v) is 10.8. The van der Waals surface area contributed by atoms with E-state index in [0.717, 1.165) is 0 Å². The summed E-state index contributed by atoms with van der Waals surface area (Å²) in [4.78, 5) is 4.22. The standard InChI is InChI=1S/C16H12FNO2/c1-20-16-12-6-3-7-14(19)15(12)13(9-18-16)10-4-2-5-11(17)8-10/h2-9,19H,1H3. The van der Waals surface area contributed by atoms with Gasteiger partial charge in [0.15, 0.2) is 0 Å². The van der Waals surface area contributed by atoms with Crippen molar-refractivity contribution >= 4 is 10.8 Å². The molecule has 0 spiro atoms. The van der Waals surface area contributed by atoms with Crippen LogP contribution < -0.4 is 4.74 Å². The molecule has 0 fully saturated rings. The van der Waals surface area contributed by atoms with Crippen LogP contribution >= 0.6 is 0 Å². The molecule has 20 heavy (non-hydrogen) atoms. The Morgan fingerprint density at radius 3 is 2.70 bits per heavy atom. The van der Waals surface area contributed by atoms with Crippen molar-refractivity contribution in [2.45, 2.75) is 0 Å². The first kappa shape index (κ1) is 12.4. The van der Waals surface area contributed by atoms with Gasteiger partial charge in [0.25, 0.3) is 0 Å². The van der Waals surface area contributed by atoms with Crippen LogP contribution in [0.15, 0.2) is 48.7 Å². The number of phenols is 1. The van der Waals surface area contributed by atoms with Crippen LogP contribution in [-0.2, 0) is 0 Å². The zero-order chi connectivity index (χ0) is 14.1. The number of benzene rings is 2. The number of hydrogen-bond donors (Lipinski definition) is 1. The smallest absolute Gasteiger partial charge is 0.221 e. The molecule has 0 saturated carbocycles. The summed E-state index contributed by atoms with van der Waals surface area (Å²) in [5.41, 5.74) is 1.32. The molecule has 0 aliphatic rings. The van der Waals surface area contributed by atoms with Crippen molar-refractivity contribution in [3.05, 3.63) is 54.5 Å². The van der Waals surface area contributed by atoms with Crippen LogP contribution in [0, 0.1) is 5.82 Å². The first-order valence-electron chi connectivity index (χ1n) is 6.11. The summed E-state index contributed by atoms with van der Waals surface area (Å²) in [6, 6.07) is 11.3. The Hall–Kier alpha value is -2.62. The van der Waals surface area contributed by atoms with Gasteiger partial charge in [0.1, 0.15) is 11.6 Å². The summed E-state index contributed by atoms with van der Waals surface area (Å²) in [5.74, 6) is 0.209. The van der Waals surface area contributed by atoms with E-state index in [9.17, 15) is 9.50 Å². The van der Waals surface area contributed by atoms with Crippen LogP contribution in [0.1, 0.15) is 0 Å². The predicted octanol–water partition coefficient (Wildman–Crippen LogP) is 3.76. The average Bonchev–Trinajstić information content (AvgIpc) is 2.46. The third kappa shape index (κ3) is 1.95. The van der Waals surface area contributed by atoms with Gasteiger partial charge < -0.3 is 9.84 Å². The van der Waals surface area contributed by atoms with Gasteiger partial charge in [-0.05, 0) is 29.8 Å². The van der Waals surface area contributed by atoms with Crippen LogP contribution in [0.25, 0.3) is 21.9 Å². The third-order valence-electron chi connectivity index (χ3n) is 3.18. The summed E-state index contributed by atoms with van der Waals surface area (Å²) >= 11 is 0. The van der Waals surface area contributed by atoms with Gasteiger partial charge in [-0.25, -0.2) is 9.37 Å². The van der Waals surface area contributed by atoms with E-state index < -0.39 is 0 Å².